The van der Waals surface area contributed by atoms with Gasteiger partial charge in [0.15, 0.2) is 0 Å². The van der Waals surface area contributed by atoms with Crippen LogP contribution >= 0.6 is 0 Å². The number of anilines is 2. The number of amides is 1. The van der Waals surface area contributed by atoms with E-state index in [0.717, 1.165) is 33.5 Å². The fourth-order valence-corrected chi connectivity index (χ4v) is 6.52. The molecule has 4 aromatic rings. The monoisotopic (exact) mass is 622 g/mol. The lowest BCUT2D eigenvalue weighted by Gasteiger charge is -2.26. The highest BCUT2D eigenvalue weighted by molar-refractivity contribution is 7.92. The second-order valence-electron chi connectivity index (χ2n) is 10.4. The first-order valence-electron chi connectivity index (χ1n) is 14.2. The van der Waals surface area contributed by atoms with Crippen molar-refractivity contribution in [2.75, 3.05) is 36.1 Å². The van der Waals surface area contributed by atoms with E-state index in [1.54, 1.807) is 13.2 Å². The summed E-state index contributed by atoms with van der Waals surface area (Å²) in [7, 11) is -0.380. The van der Waals surface area contributed by atoms with Crippen molar-refractivity contribution in [1.82, 2.24) is 9.88 Å². The number of nitrogens with zero attached hydrogens (tertiary/aromatic N) is 2. The molecule has 5 rings (SSSR count). The smallest absolute Gasteiger partial charge is 0.290 e. The highest BCUT2D eigenvalue weighted by Gasteiger charge is 2.29. The lowest BCUT2D eigenvalue weighted by molar-refractivity contribution is -0.122. The van der Waals surface area contributed by atoms with Crippen molar-refractivity contribution in [3.63, 3.8) is 0 Å². The molecule has 0 saturated carbocycles. The third-order valence-electron chi connectivity index (χ3n) is 7.71. The van der Waals surface area contributed by atoms with Crippen molar-refractivity contribution >= 4 is 44.7 Å². The van der Waals surface area contributed by atoms with E-state index in [2.05, 4.69) is 10.6 Å². The zero-order valence-electron chi connectivity index (χ0n) is 24.9. The van der Waals surface area contributed by atoms with Gasteiger partial charge in [-0.05, 0) is 67.3 Å². The van der Waals surface area contributed by atoms with Gasteiger partial charge in [0.25, 0.3) is 12.4 Å². The van der Waals surface area contributed by atoms with E-state index in [0.29, 0.717) is 30.6 Å². The summed E-state index contributed by atoms with van der Waals surface area (Å²) >= 11 is 0. The van der Waals surface area contributed by atoms with Gasteiger partial charge in [-0.3, -0.25) is 13.9 Å². The Hall–Kier alpha value is -4.55. The molecule has 2 heterocycles. The zero-order valence-corrected chi connectivity index (χ0v) is 25.8. The van der Waals surface area contributed by atoms with Gasteiger partial charge >= 0.3 is 0 Å². The molecule has 11 nitrogen and oxygen atoms in total. The summed E-state index contributed by atoms with van der Waals surface area (Å²) in [5.74, 6) is 0.361. The predicted octanol–water partition coefficient (Wildman–Crippen LogP) is 3.51. The van der Waals surface area contributed by atoms with E-state index in [1.807, 2.05) is 78.4 Å². The normalized spacial score (nSPS) is 14.9. The van der Waals surface area contributed by atoms with Gasteiger partial charge in [0.1, 0.15) is 5.75 Å². The molecule has 1 aromatic heterocycles. The van der Waals surface area contributed by atoms with Gasteiger partial charge in [-0.15, -0.1) is 0 Å². The highest BCUT2D eigenvalue weighted by Crippen LogP contribution is 2.37. The van der Waals surface area contributed by atoms with Gasteiger partial charge in [-0.2, -0.15) is 0 Å². The average Bonchev–Trinajstić information content (AvgIpc) is 3.36. The molecule has 0 unspecified atom stereocenters. The van der Waals surface area contributed by atoms with E-state index in [4.69, 9.17) is 14.6 Å². The Kier molecular flexibility index (Phi) is 10.5. The Bertz CT molecular complexity index is 1690. The van der Waals surface area contributed by atoms with E-state index < -0.39 is 22.2 Å². The van der Waals surface area contributed by atoms with Crippen LogP contribution in [0.5, 0.6) is 5.75 Å². The predicted molar refractivity (Wildman–Crippen MR) is 171 cm³/mol. The summed E-state index contributed by atoms with van der Waals surface area (Å²) in [6, 6.07) is 19.9. The molecule has 2 atom stereocenters. The number of benzene rings is 3. The van der Waals surface area contributed by atoms with E-state index in [9.17, 15) is 18.3 Å². The molecule has 0 radical (unpaired) electrons. The first-order chi connectivity index (χ1) is 21.1. The molecule has 1 aliphatic heterocycles. The van der Waals surface area contributed by atoms with Crippen LogP contribution in [0.2, 0.25) is 0 Å². The quantitative estimate of drug-likeness (QED) is 0.196. The number of methoxy groups -OCH3 is 1. The maximum atomic E-state index is 13.8. The molecular formula is C32H38N4O7S. The van der Waals surface area contributed by atoms with Gasteiger partial charge in [0.2, 0.25) is 10.0 Å². The van der Waals surface area contributed by atoms with Crippen LogP contribution in [0.1, 0.15) is 28.4 Å². The number of rotatable bonds is 10. The van der Waals surface area contributed by atoms with Crippen molar-refractivity contribution < 1.29 is 33.0 Å². The maximum Gasteiger partial charge on any atom is 0.290 e. The van der Waals surface area contributed by atoms with Crippen LogP contribution in [-0.2, 0) is 34.2 Å². The highest BCUT2D eigenvalue weighted by atomic mass is 32.2. The Morgan fingerprint density at radius 2 is 1.80 bits per heavy atom. The van der Waals surface area contributed by atoms with E-state index in [-0.39, 0.29) is 24.7 Å². The summed E-state index contributed by atoms with van der Waals surface area (Å²) in [6.45, 7) is 2.66. The van der Waals surface area contributed by atoms with Gasteiger partial charge < -0.3 is 30.2 Å². The van der Waals surface area contributed by atoms with Gasteiger partial charge in [0.05, 0.1) is 36.2 Å². The Labute approximate surface area is 257 Å². The van der Waals surface area contributed by atoms with Crippen LogP contribution in [0, 0.1) is 0 Å². The molecule has 3 aromatic carbocycles. The zero-order chi connectivity index (χ0) is 31.9. The number of aromatic nitrogens is 1. The lowest BCUT2D eigenvalue weighted by Crippen LogP contribution is -2.47. The Morgan fingerprint density at radius 3 is 2.43 bits per heavy atom. The van der Waals surface area contributed by atoms with Gasteiger partial charge in [0, 0.05) is 43.0 Å². The second kappa shape index (κ2) is 14.3. The number of carboxylic acid groups (broad SMARTS) is 1. The van der Waals surface area contributed by atoms with Gasteiger partial charge in [-0.1, -0.05) is 30.3 Å². The van der Waals surface area contributed by atoms with Crippen LogP contribution in [-0.4, -0.2) is 74.2 Å². The fraction of sp³-hybridized carbons (Fsp3) is 0.312. The Morgan fingerprint density at radius 1 is 1.11 bits per heavy atom. The topological polar surface area (TPSA) is 150 Å². The van der Waals surface area contributed by atoms with Crippen molar-refractivity contribution in [1.29, 1.82) is 0 Å². The number of carbonyl (C=O) groups is 2. The first kappa shape index (κ1) is 32.4. The maximum absolute atomic E-state index is 13.8. The molecule has 1 aliphatic rings. The van der Waals surface area contributed by atoms with E-state index in [1.165, 1.54) is 11.4 Å². The first-order valence-corrected chi connectivity index (χ1v) is 15.8. The molecule has 0 aliphatic carbocycles. The van der Waals surface area contributed by atoms with Crippen molar-refractivity contribution in [2.45, 2.75) is 38.5 Å². The largest absolute Gasteiger partial charge is 0.497 e. The molecule has 44 heavy (non-hydrogen) atoms. The summed E-state index contributed by atoms with van der Waals surface area (Å²) in [5.41, 5.74) is 4.39. The average molecular weight is 623 g/mol. The molecule has 0 saturated heterocycles. The molecule has 0 spiro atoms. The standard InChI is InChI=1S/C31H36N4O5S.CH2O2/c1-4-35-20-22-14-15-41(38,39)34(2)27-17-23(18-28(35)30(22)27)31(37)33-26(16-21-8-6-5-7-9-21)29(36)19-32-24-10-12-25(40-3)13-11-24;2-1-3/h5-13,17-18,20,26,29,32,36H,4,14-16,19H2,1-3H3,(H,33,37);1H,(H,2,3)/t26-,29+;/m0./s1. The number of hydrogen-bond donors (Lipinski definition) is 4. The number of nitrogens with one attached hydrogen (secondary N) is 2. The molecular weight excluding hydrogens is 584 g/mol. The minimum Gasteiger partial charge on any atom is -0.497 e. The van der Waals surface area contributed by atoms with Crippen LogP contribution < -0.4 is 19.7 Å². The second-order valence-corrected chi connectivity index (χ2v) is 12.5. The van der Waals surface area contributed by atoms with Gasteiger partial charge in [-0.25, -0.2) is 8.42 Å². The van der Waals surface area contributed by atoms with Crippen LogP contribution in [0.3, 0.4) is 0 Å². The summed E-state index contributed by atoms with van der Waals surface area (Å²) in [6.07, 6.45) is 1.90. The van der Waals surface area contributed by atoms with Crippen LogP contribution in [0.4, 0.5) is 11.4 Å². The number of aryl methyl sites for hydroxylation is 2. The minimum absolute atomic E-state index is 0.00900. The summed E-state index contributed by atoms with van der Waals surface area (Å²) < 4.78 is 34.4. The van der Waals surface area contributed by atoms with E-state index >= 15 is 0 Å². The summed E-state index contributed by atoms with van der Waals surface area (Å²) in [5, 5.41) is 25.3. The number of ether oxygens (including phenoxy) is 1. The molecule has 0 bridgehead atoms. The third-order valence-corrected chi connectivity index (χ3v) is 9.46. The number of aliphatic hydroxyl groups excluding tert-OH is 1. The molecule has 234 valence electrons. The number of sulfonamides is 1. The summed E-state index contributed by atoms with van der Waals surface area (Å²) in [4.78, 5) is 22.1. The van der Waals surface area contributed by atoms with Crippen molar-refractivity contribution in [3.8, 4) is 5.75 Å². The SMILES string of the molecule is CCn1cc2c3c(cc(C(=O)N[C@@H](Cc4ccccc4)[C@H](O)CNc4ccc(OC)cc4)cc31)N(C)S(=O)(=O)CC2.O=CO. The molecule has 12 heteroatoms. The fourth-order valence-electron chi connectivity index (χ4n) is 5.32. The minimum atomic E-state index is -3.52. The van der Waals surface area contributed by atoms with Crippen LogP contribution in [0.25, 0.3) is 10.9 Å². The molecule has 1 amide bonds. The lowest BCUT2D eigenvalue weighted by atomic mass is 9.99. The number of carbonyl (C=O) groups excluding carboxylic acids is 1. The van der Waals surface area contributed by atoms with Crippen molar-refractivity contribution in [2.24, 2.45) is 0 Å². The van der Waals surface area contributed by atoms with Crippen LogP contribution in [0.15, 0.2) is 72.9 Å². The number of aliphatic hydroxyl groups is 1. The Balaban J connectivity index is 0.00000141. The third kappa shape index (κ3) is 7.32. The van der Waals surface area contributed by atoms with Crippen molar-refractivity contribution in [3.05, 3.63) is 89.6 Å². The molecule has 0 fully saturated rings. The molecule has 4 N–H and O–H groups in total. The number of hydrogen-bond acceptors (Lipinski definition) is 7.